The van der Waals surface area contributed by atoms with Gasteiger partial charge in [-0.3, -0.25) is 4.79 Å². The van der Waals surface area contributed by atoms with Gasteiger partial charge in [-0.05, 0) is 40.8 Å². The highest BCUT2D eigenvalue weighted by molar-refractivity contribution is 5.86. The summed E-state index contributed by atoms with van der Waals surface area (Å²) in [6, 6.07) is 26.7. The lowest BCUT2D eigenvalue weighted by Gasteiger charge is -2.19. The predicted molar refractivity (Wildman–Crippen MR) is 134 cm³/mol. The number of ether oxygens (including phenoxy) is 1. The number of hydrogen-bond acceptors (Lipinski definition) is 2. The van der Waals surface area contributed by atoms with E-state index in [0.717, 1.165) is 28.0 Å². The minimum Gasteiger partial charge on any atom is -0.489 e. The Morgan fingerprint density at radius 2 is 1.73 bits per heavy atom. The molecule has 0 fully saturated rings. The predicted octanol–water partition coefficient (Wildman–Crippen LogP) is 6.05. The summed E-state index contributed by atoms with van der Waals surface area (Å²) in [4.78, 5) is 12.9. The maximum atomic E-state index is 12.9. The van der Waals surface area contributed by atoms with Crippen molar-refractivity contribution < 1.29 is 9.53 Å². The standard InChI is InChI=1S/C29H32N2O2/c1-21(2)18-30-29(32)17-26(27-19-31(3)28-15-8-7-14-25(27)28)23-12-9-13-24(16-23)33-20-22-10-5-4-6-11-22/h4-16,19,21,26H,17-18,20H2,1-3H3,(H,30,32). The van der Waals surface area contributed by atoms with Gasteiger partial charge in [0.25, 0.3) is 0 Å². The van der Waals surface area contributed by atoms with E-state index < -0.39 is 0 Å². The van der Waals surface area contributed by atoms with Crippen LogP contribution in [0.3, 0.4) is 0 Å². The molecule has 1 amide bonds. The zero-order chi connectivity index (χ0) is 23.2. The molecule has 0 aliphatic heterocycles. The van der Waals surface area contributed by atoms with Crippen LogP contribution in [0.15, 0.2) is 85.1 Å². The quantitative estimate of drug-likeness (QED) is 0.344. The van der Waals surface area contributed by atoms with Crippen molar-refractivity contribution in [2.24, 2.45) is 13.0 Å². The zero-order valence-electron chi connectivity index (χ0n) is 19.6. The summed E-state index contributed by atoms with van der Waals surface area (Å²) in [6.07, 6.45) is 2.55. The van der Waals surface area contributed by atoms with Crippen molar-refractivity contribution in [2.75, 3.05) is 6.54 Å². The smallest absolute Gasteiger partial charge is 0.220 e. The molecular formula is C29H32N2O2. The van der Waals surface area contributed by atoms with E-state index in [4.69, 9.17) is 4.74 Å². The molecule has 33 heavy (non-hydrogen) atoms. The van der Waals surface area contributed by atoms with Gasteiger partial charge in [0, 0.05) is 43.0 Å². The number of hydrogen-bond donors (Lipinski definition) is 1. The van der Waals surface area contributed by atoms with Crippen molar-refractivity contribution >= 4 is 16.8 Å². The van der Waals surface area contributed by atoms with E-state index in [1.807, 2.05) is 30.3 Å². The van der Waals surface area contributed by atoms with Crippen LogP contribution in [-0.4, -0.2) is 17.0 Å². The minimum absolute atomic E-state index is 0.0662. The first kappa shape index (κ1) is 22.7. The molecule has 1 atom stereocenters. The maximum Gasteiger partial charge on any atom is 0.220 e. The maximum absolute atomic E-state index is 12.9. The van der Waals surface area contributed by atoms with Crippen LogP contribution >= 0.6 is 0 Å². The molecule has 0 aliphatic rings. The van der Waals surface area contributed by atoms with Crippen LogP contribution in [0.2, 0.25) is 0 Å². The van der Waals surface area contributed by atoms with Crippen molar-refractivity contribution in [1.82, 2.24) is 9.88 Å². The fourth-order valence-electron chi connectivity index (χ4n) is 4.20. The first-order chi connectivity index (χ1) is 16.0. The number of rotatable bonds is 9. The lowest BCUT2D eigenvalue weighted by Crippen LogP contribution is -2.28. The van der Waals surface area contributed by atoms with Gasteiger partial charge in [0.05, 0.1) is 0 Å². The Balaban J connectivity index is 1.65. The molecule has 4 aromatic rings. The topological polar surface area (TPSA) is 43.3 Å². The highest BCUT2D eigenvalue weighted by Gasteiger charge is 2.23. The van der Waals surface area contributed by atoms with Crippen molar-refractivity contribution in [1.29, 1.82) is 0 Å². The van der Waals surface area contributed by atoms with E-state index in [-0.39, 0.29) is 11.8 Å². The van der Waals surface area contributed by atoms with Crippen molar-refractivity contribution in [3.8, 4) is 5.75 Å². The van der Waals surface area contributed by atoms with Gasteiger partial charge < -0.3 is 14.6 Å². The summed E-state index contributed by atoms with van der Waals surface area (Å²) in [6.45, 7) is 5.41. The van der Waals surface area contributed by atoms with E-state index in [1.165, 1.54) is 5.39 Å². The van der Waals surface area contributed by atoms with Crippen LogP contribution in [0, 0.1) is 5.92 Å². The van der Waals surface area contributed by atoms with Gasteiger partial charge in [-0.15, -0.1) is 0 Å². The number of nitrogens with one attached hydrogen (secondary N) is 1. The molecule has 1 N–H and O–H groups in total. The van der Waals surface area contributed by atoms with E-state index in [1.54, 1.807) is 0 Å². The number of amides is 1. The van der Waals surface area contributed by atoms with Gasteiger partial charge in [-0.1, -0.05) is 74.5 Å². The van der Waals surface area contributed by atoms with Crippen molar-refractivity contribution in [3.05, 3.63) is 102 Å². The lowest BCUT2D eigenvalue weighted by atomic mass is 9.88. The van der Waals surface area contributed by atoms with Gasteiger partial charge in [-0.25, -0.2) is 0 Å². The Labute approximate surface area is 196 Å². The Morgan fingerprint density at radius 1 is 0.970 bits per heavy atom. The first-order valence-corrected chi connectivity index (χ1v) is 11.6. The molecule has 0 aliphatic carbocycles. The third-order valence-corrected chi connectivity index (χ3v) is 5.91. The summed E-state index contributed by atoms with van der Waals surface area (Å²) in [5.41, 5.74) is 4.53. The van der Waals surface area contributed by atoms with Gasteiger partial charge in [-0.2, -0.15) is 0 Å². The van der Waals surface area contributed by atoms with Crippen LogP contribution < -0.4 is 10.1 Å². The number of fused-ring (bicyclic) bond motifs is 1. The van der Waals surface area contributed by atoms with Gasteiger partial charge in [0.2, 0.25) is 5.91 Å². The summed E-state index contributed by atoms with van der Waals surface area (Å²) >= 11 is 0. The second kappa shape index (κ2) is 10.4. The lowest BCUT2D eigenvalue weighted by molar-refractivity contribution is -0.121. The van der Waals surface area contributed by atoms with Gasteiger partial charge in [0.1, 0.15) is 12.4 Å². The molecule has 170 valence electrons. The second-order valence-electron chi connectivity index (χ2n) is 9.01. The van der Waals surface area contributed by atoms with Crippen LogP contribution in [0.25, 0.3) is 10.9 Å². The normalized spacial score (nSPS) is 12.1. The number of carbonyl (C=O) groups is 1. The molecule has 1 aromatic heterocycles. The van der Waals surface area contributed by atoms with E-state index in [9.17, 15) is 4.79 Å². The Hall–Kier alpha value is -3.53. The van der Waals surface area contributed by atoms with Gasteiger partial charge in [0.15, 0.2) is 0 Å². The number of para-hydroxylation sites is 1. The number of nitrogens with zero attached hydrogens (tertiary/aromatic N) is 1. The summed E-state index contributed by atoms with van der Waals surface area (Å²) in [5.74, 6) is 1.23. The second-order valence-corrected chi connectivity index (χ2v) is 9.01. The van der Waals surface area contributed by atoms with E-state index in [0.29, 0.717) is 25.5 Å². The molecule has 4 rings (SSSR count). The average molecular weight is 441 g/mol. The molecule has 3 aromatic carbocycles. The molecule has 1 heterocycles. The third-order valence-electron chi connectivity index (χ3n) is 5.91. The fraction of sp³-hybridized carbons (Fsp3) is 0.276. The molecule has 0 radical (unpaired) electrons. The van der Waals surface area contributed by atoms with Crippen molar-refractivity contribution in [2.45, 2.75) is 32.8 Å². The highest BCUT2D eigenvalue weighted by Crippen LogP contribution is 2.35. The van der Waals surface area contributed by atoms with E-state index in [2.05, 4.69) is 85.5 Å². The Kier molecular flexibility index (Phi) is 7.13. The number of aromatic nitrogens is 1. The Morgan fingerprint density at radius 3 is 2.52 bits per heavy atom. The molecule has 0 saturated carbocycles. The summed E-state index contributed by atoms with van der Waals surface area (Å²) < 4.78 is 8.23. The number of aryl methyl sites for hydroxylation is 1. The van der Waals surface area contributed by atoms with Crippen molar-refractivity contribution in [3.63, 3.8) is 0 Å². The highest BCUT2D eigenvalue weighted by atomic mass is 16.5. The average Bonchev–Trinajstić information content (AvgIpc) is 3.17. The third kappa shape index (κ3) is 5.64. The molecule has 0 spiro atoms. The summed E-state index contributed by atoms with van der Waals surface area (Å²) in [7, 11) is 2.06. The SMILES string of the molecule is CC(C)CNC(=O)CC(c1cccc(OCc2ccccc2)c1)c1cn(C)c2ccccc12. The van der Waals surface area contributed by atoms with Crippen LogP contribution in [0.4, 0.5) is 0 Å². The Bertz CT molecular complexity index is 1210. The molecule has 1 unspecified atom stereocenters. The van der Waals surface area contributed by atoms with E-state index >= 15 is 0 Å². The molecule has 0 bridgehead atoms. The number of benzene rings is 3. The minimum atomic E-state index is -0.0662. The molecule has 0 saturated heterocycles. The van der Waals surface area contributed by atoms with Gasteiger partial charge >= 0.3 is 0 Å². The first-order valence-electron chi connectivity index (χ1n) is 11.6. The van der Waals surface area contributed by atoms with Crippen LogP contribution in [0.5, 0.6) is 5.75 Å². The van der Waals surface area contributed by atoms with Crippen LogP contribution in [0.1, 0.15) is 42.9 Å². The largest absolute Gasteiger partial charge is 0.489 e. The fourth-order valence-corrected chi connectivity index (χ4v) is 4.20. The zero-order valence-corrected chi connectivity index (χ0v) is 19.6. The molecule has 4 heteroatoms. The molecular weight excluding hydrogens is 408 g/mol. The monoisotopic (exact) mass is 440 g/mol. The molecule has 4 nitrogen and oxygen atoms in total. The van der Waals surface area contributed by atoms with Crippen LogP contribution in [-0.2, 0) is 18.4 Å². The number of carbonyl (C=O) groups excluding carboxylic acids is 1. The summed E-state index contributed by atoms with van der Waals surface area (Å²) in [5, 5.41) is 4.27.